The predicted octanol–water partition coefficient (Wildman–Crippen LogP) is 1.15. The summed E-state index contributed by atoms with van der Waals surface area (Å²) in [5.74, 6) is 0.667. The van der Waals surface area contributed by atoms with Gasteiger partial charge in [-0.1, -0.05) is 18.2 Å². The van der Waals surface area contributed by atoms with E-state index in [1.54, 1.807) is 18.2 Å². The number of ether oxygens (including phenoxy) is 1. The smallest absolute Gasteiger partial charge is 0.258 e. The van der Waals surface area contributed by atoms with Gasteiger partial charge in [0.25, 0.3) is 6.04 Å². The molecule has 2 radical (unpaired) electrons. The van der Waals surface area contributed by atoms with E-state index in [0.29, 0.717) is 11.3 Å². The van der Waals surface area contributed by atoms with E-state index in [9.17, 15) is 10.1 Å². The van der Waals surface area contributed by atoms with Gasteiger partial charge in [-0.05, 0) is 6.07 Å². The number of benzene rings is 1. The zero-order valence-corrected chi connectivity index (χ0v) is 6.77. The molecule has 0 amide bonds. The molecule has 0 unspecified atom stereocenters. The lowest BCUT2D eigenvalue weighted by Crippen LogP contribution is -2.31. The highest BCUT2D eigenvalue weighted by molar-refractivity contribution is 5.41. The molecule has 66 valence electrons. The SMILES string of the molecule is O=[N+]([O-])[C@H]1[C]c2ccccc2OC1. The minimum absolute atomic E-state index is 0.0734. The van der Waals surface area contributed by atoms with Crippen molar-refractivity contribution in [3.8, 4) is 5.75 Å². The van der Waals surface area contributed by atoms with Crippen LogP contribution in [0.2, 0.25) is 0 Å². The van der Waals surface area contributed by atoms with E-state index in [2.05, 4.69) is 6.42 Å². The first-order chi connectivity index (χ1) is 6.27. The van der Waals surface area contributed by atoms with Crippen LogP contribution in [0.25, 0.3) is 0 Å². The Labute approximate surface area is 75.3 Å². The van der Waals surface area contributed by atoms with Crippen molar-refractivity contribution in [3.63, 3.8) is 0 Å². The monoisotopic (exact) mass is 177 g/mol. The third-order valence-electron chi connectivity index (χ3n) is 1.86. The second-order valence-electron chi connectivity index (χ2n) is 2.75. The van der Waals surface area contributed by atoms with Crippen LogP contribution in [0, 0.1) is 16.5 Å². The molecule has 0 fully saturated rings. The van der Waals surface area contributed by atoms with Crippen molar-refractivity contribution in [2.24, 2.45) is 0 Å². The molecular formula is C9H7NO3. The summed E-state index contributed by atoms with van der Waals surface area (Å²) >= 11 is 0. The number of nitrogens with zero attached hydrogens (tertiary/aromatic N) is 1. The lowest BCUT2D eigenvalue weighted by molar-refractivity contribution is -0.515. The number of nitro groups is 1. The lowest BCUT2D eigenvalue weighted by Gasteiger charge is -2.18. The highest BCUT2D eigenvalue weighted by atomic mass is 16.6. The number of rotatable bonds is 1. The normalized spacial score (nSPS) is 20.2. The van der Waals surface area contributed by atoms with Crippen molar-refractivity contribution >= 4 is 0 Å². The summed E-state index contributed by atoms with van der Waals surface area (Å²) in [6.07, 6.45) is 2.77. The van der Waals surface area contributed by atoms with Crippen molar-refractivity contribution in [2.75, 3.05) is 6.61 Å². The fraction of sp³-hybridized carbons (Fsp3) is 0.222. The summed E-state index contributed by atoms with van der Waals surface area (Å²) in [6, 6.07) is 6.32. The van der Waals surface area contributed by atoms with Gasteiger partial charge in [-0.2, -0.15) is 0 Å². The van der Waals surface area contributed by atoms with Crippen LogP contribution in [0.3, 0.4) is 0 Å². The molecule has 1 atom stereocenters. The summed E-state index contributed by atoms with van der Waals surface area (Å²) in [4.78, 5) is 10.0. The van der Waals surface area contributed by atoms with Gasteiger partial charge in [-0.25, -0.2) is 0 Å². The van der Waals surface area contributed by atoms with Gasteiger partial charge in [-0.15, -0.1) is 0 Å². The van der Waals surface area contributed by atoms with Crippen LogP contribution in [-0.2, 0) is 0 Å². The molecule has 1 heterocycles. The van der Waals surface area contributed by atoms with Gasteiger partial charge in [0.1, 0.15) is 12.2 Å². The lowest BCUT2D eigenvalue weighted by atomic mass is 10.0. The molecule has 0 bridgehead atoms. The number of fused-ring (bicyclic) bond motifs is 1. The van der Waals surface area contributed by atoms with Gasteiger partial charge in [0, 0.05) is 10.5 Å². The molecule has 1 aromatic rings. The maximum atomic E-state index is 10.4. The molecule has 0 spiro atoms. The molecule has 2 rings (SSSR count). The Kier molecular flexibility index (Phi) is 1.88. The molecule has 4 heteroatoms. The standard InChI is InChI=1S/C9H7NO3/c11-10(12)8-5-7-3-1-2-4-9(7)13-6-8/h1-4,8H,6H2/t8-/m0/s1. The van der Waals surface area contributed by atoms with E-state index in [0.717, 1.165) is 0 Å². The molecule has 0 N–H and O–H groups in total. The third-order valence-corrected chi connectivity index (χ3v) is 1.86. The molecular weight excluding hydrogens is 170 g/mol. The number of hydrogen-bond donors (Lipinski definition) is 0. The number of para-hydroxylation sites is 1. The minimum Gasteiger partial charge on any atom is -0.486 e. The van der Waals surface area contributed by atoms with Gasteiger partial charge in [-0.3, -0.25) is 10.1 Å². The fourth-order valence-corrected chi connectivity index (χ4v) is 1.22. The molecule has 0 aromatic heterocycles. The molecule has 13 heavy (non-hydrogen) atoms. The maximum Gasteiger partial charge on any atom is 0.258 e. The van der Waals surface area contributed by atoms with E-state index in [1.807, 2.05) is 6.07 Å². The van der Waals surface area contributed by atoms with E-state index >= 15 is 0 Å². The molecule has 0 saturated heterocycles. The Morgan fingerprint density at radius 2 is 2.31 bits per heavy atom. The van der Waals surface area contributed by atoms with Crippen LogP contribution in [0.15, 0.2) is 24.3 Å². The Bertz CT molecular complexity index is 337. The van der Waals surface area contributed by atoms with Crippen LogP contribution in [0.4, 0.5) is 0 Å². The molecule has 1 aliphatic heterocycles. The largest absolute Gasteiger partial charge is 0.486 e. The van der Waals surface area contributed by atoms with Crippen molar-refractivity contribution in [1.29, 1.82) is 0 Å². The first kappa shape index (κ1) is 8.04. The fourth-order valence-electron chi connectivity index (χ4n) is 1.22. The maximum absolute atomic E-state index is 10.4. The van der Waals surface area contributed by atoms with Crippen molar-refractivity contribution in [1.82, 2.24) is 0 Å². The van der Waals surface area contributed by atoms with Crippen molar-refractivity contribution in [2.45, 2.75) is 6.04 Å². The highest BCUT2D eigenvalue weighted by Gasteiger charge is 2.28. The predicted molar refractivity (Wildman–Crippen MR) is 45.1 cm³/mol. The third kappa shape index (κ3) is 1.47. The average molecular weight is 177 g/mol. The van der Waals surface area contributed by atoms with Crippen LogP contribution < -0.4 is 4.74 Å². The Morgan fingerprint density at radius 1 is 1.54 bits per heavy atom. The Balaban J connectivity index is 2.24. The van der Waals surface area contributed by atoms with E-state index in [4.69, 9.17) is 4.74 Å². The van der Waals surface area contributed by atoms with E-state index < -0.39 is 11.0 Å². The van der Waals surface area contributed by atoms with E-state index in [-0.39, 0.29) is 6.61 Å². The highest BCUT2D eigenvalue weighted by Crippen LogP contribution is 2.26. The minimum atomic E-state index is -0.838. The topological polar surface area (TPSA) is 52.4 Å². The summed E-state index contributed by atoms with van der Waals surface area (Å²) in [5.41, 5.74) is 0.676. The summed E-state index contributed by atoms with van der Waals surface area (Å²) in [6.45, 7) is 0.0734. The van der Waals surface area contributed by atoms with Gasteiger partial charge in [0.05, 0.1) is 0 Å². The molecule has 4 nitrogen and oxygen atoms in total. The molecule has 1 aromatic carbocycles. The first-order valence-electron chi connectivity index (χ1n) is 3.89. The zero-order valence-electron chi connectivity index (χ0n) is 6.77. The Morgan fingerprint density at radius 3 is 3.08 bits per heavy atom. The van der Waals surface area contributed by atoms with Crippen molar-refractivity contribution < 1.29 is 9.66 Å². The van der Waals surface area contributed by atoms with Gasteiger partial charge in [0.2, 0.25) is 0 Å². The van der Waals surface area contributed by atoms with E-state index in [1.165, 1.54) is 0 Å². The van der Waals surface area contributed by atoms with Crippen LogP contribution >= 0.6 is 0 Å². The molecule has 0 saturated carbocycles. The Hall–Kier alpha value is -1.58. The second kappa shape index (κ2) is 3.05. The molecule has 1 aliphatic rings. The van der Waals surface area contributed by atoms with Crippen LogP contribution in [0.5, 0.6) is 5.75 Å². The van der Waals surface area contributed by atoms with Gasteiger partial charge in [0.15, 0.2) is 6.61 Å². The van der Waals surface area contributed by atoms with Crippen LogP contribution in [-0.4, -0.2) is 17.6 Å². The van der Waals surface area contributed by atoms with Gasteiger partial charge < -0.3 is 4.74 Å². The molecule has 0 aliphatic carbocycles. The number of hydrogen-bond acceptors (Lipinski definition) is 3. The van der Waals surface area contributed by atoms with Crippen LogP contribution in [0.1, 0.15) is 5.56 Å². The summed E-state index contributed by atoms with van der Waals surface area (Å²) in [5, 5.41) is 10.4. The summed E-state index contributed by atoms with van der Waals surface area (Å²) < 4.78 is 5.19. The zero-order chi connectivity index (χ0) is 9.26. The average Bonchev–Trinajstić information content (AvgIpc) is 2.17. The first-order valence-corrected chi connectivity index (χ1v) is 3.89. The summed E-state index contributed by atoms with van der Waals surface area (Å²) in [7, 11) is 0. The van der Waals surface area contributed by atoms with Gasteiger partial charge >= 0.3 is 0 Å². The quantitative estimate of drug-likeness (QED) is 0.477. The van der Waals surface area contributed by atoms with Crippen molar-refractivity contribution in [3.05, 3.63) is 46.4 Å². The second-order valence-corrected chi connectivity index (χ2v) is 2.75.